The van der Waals surface area contributed by atoms with Crippen LogP contribution >= 0.6 is 0 Å². The molecular formula is C15H11BO. The van der Waals surface area contributed by atoms with Crippen LogP contribution in [0.25, 0.3) is 21.5 Å². The van der Waals surface area contributed by atoms with E-state index in [1.54, 1.807) is 0 Å². The van der Waals surface area contributed by atoms with Crippen molar-refractivity contribution in [1.29, 1.82) is 0 Å². The summed E-state index contributed by atoms with van der Waals surface area (Å²) < 4.78 is 4.87. The minimum absolute atomic E-state index is 0.729. The van der Waals surface area contributed by atoms with Crippen molar-refractivity contribution in [3.05, 3.63) is 54.1 Å². The van der Waals surface area contributed by atoms with Crippen molar-refractivity contribution in [3.63, 3.8) is 0 Å². The largest absolute Gasteiger partial charge is 0.568 e. The molecule has 0 saturated carbocycles. The van der Waals surface area contributed by atoms with E-state index in [-0.39, 0.29) is 0 Å². The van der Waals surface area contributed by atoms with Crippen molar-refractivity contribution in [2.75, 3.05) is 0 Å². The van der Waals surface area contributed by atoms with Crippen LogP contribution < -0.4 is 4.65 Å². The first-order chi connectivity index (χ1) is 8.28. The Bertz CT molecular complexity index is 704. The van der Waals surface area contributed by atoms with Gasteiger partial charge >= 0.3 is 8.05 Å². The molecule has 0 aliphatic rings. The van der Waals surface area contributed by atoms with Crippen LogP contribution in [0.5, 0.6) is 5.75 Å². The van der Waals surface area contributed by atoms with Crippen molar-refractivity contribution < 1.29 is 4.65 Å². The highest BCUT2D eigenvalue weighted by Gasteiger charge is 2.02. The van der Waals surface area contributed by atoms with E-state index < -0.39 is 0 Å². The fraction of sp³-hybridized carbons (Fsp3) is 0.0667. The van der Waals surface area contributed by atoms with Crippen molar-refractivity contribution in [1.82, 2.24) is 0 Å². The Balaban J connectivity index is 2.40. The molecule has 2 heteroatoms. The number of aryl methyl sites for hydroxylation is 1. The fourth-order valence-electron chi connectivity index (χ4n) is 2.21. The van der Waals surface area contributed by atoms with E-state index in [0.717, 1.165) is 16.7 Å². The summed E-state index contributed by atoms with van der Waals surface area (Å²) in [4.78, 5) is 0. The van der Waals surface area contributed by atoms with Crippen LogP contribution in [0.15, 0.2) is 48.5 Å². The first-order valence-corrected chi connectivity index (χ1v) is 5.58. The molecule has 3 aromatic carbocycles. The summed E-state index contributed by atoms with van der Waals surface area (Å²) in [6.45, 7) is 2.00. The fourth-order valence-corrected chi connectivity index (χ4v) is 2.21. The molecule has 0 spiro atoms. The topological polar surface area (TPSA) is 9.23 Å². The minimum atomic E-state index is 0.729. The van der Waals surface area contributed by atoms with Gasteiger partial charge in [-0.3, -0.25) is 0 Å². The molecular weight excluding hydrogens is 207 g/mol. The maximum absolute atomic E-state index is 5.25. The van der Waals surface area contributed by atoms with E-state index in [2.05, 4.69) is 36.4 Å². The summed E-state index contributed by atoms with van der Waals surface area (Å²) in [6, 6.07) is 16.8. The number of hydrogen-bond donors (Lipinski definition) is 0. The molecule has 3 aromatic rings. The predicted octanol–water partition coefficient (Wildman–Crippen LogP) is 3.76. The highest BCUT2D eigenvalue weighted by molar-refractivity contribution is 6.02. The van der Waals surface area contributed by atoms with Gasteiger partial charge in [-0.15, -0.1) is 0 Å². The quantitative estimate of drug-likeness (QED) is 0.446. The summed E-state index contributed by atoms with van der Waals surface area (Å²) in [5, 5.41) is 4.84. The van der Waals surface area contributed by atoms with Crippen molar-refractivity contribution in [2.45, 2.75) is 6.92 Å². The summed E-state index contributed by atoms with van der Waals surface area (Å²) in [6.07, 6.45) is 0. The lowest BCUT2D eigenvalue weighted by molar-refractivity contribution is 0.612. The lowest BCUT2D eigenvalue weighted by Crippen LogP contribution is -1.89. The normalized spacial score (nSPS) is 10.9. The van der Waals surface area contributed by atoms with E-state index in [9.17, 15) is 0 Å². The van der Waals surface area contributed by atoms with Crippen molar-refractivity contribution in [2.24, 2.45) is 0 Å². The number of fused-ring (bicyclic) bond motifs is 2. The molecule has 0 aliphatic heterocycles. The average molecular weight is 218 g/mol. The van der Waals surface area contributed by atoms with Gasteiger partial charge in [-0.1, -0.05) is 24.3 Å². The second kappa shape index (κ2) is 3.81. The zero-order valence-corrected chi connectivity index (χ0v) is 9.60. The Morgan fingerprint density at radius 3 is 2.00 bits per heavy atom. The summed E-state index contributed by atoms with van der Waals surface area (Å²) >= 11 is 0. The van der Waals surface area contributed by atoms with E-state index in [4.69, 9.17) is 12.7 Å². The third kappa shape index (κ3) is 1.66. The van der Waals surface area contributed by atoms with E-state index >= 15 is 0 Å². The molecule has 1 nitrogen and oxygen atoms in total. The van der Waals surface area contributed by atoms with Crippen LogP contribution in [0.1, 0.15) is 5.56 Å². The summed E-state index contributed by atoms with van der Waals surface area (Å²) in [5.41, 5.74) is 1.05. The highest BCUT2D eigenvalue weighted by atomic mass is 16.4. The van der Waals surface area contributed by atoms with Crippen LogP contribution in [0.4, 0.5) is 0 Å². The SMILES string of the molecule is [B]Oc1cc2cc3ccccc3cc2cc1C. The zero-order valence-electron chi connectivity index (χ0n) is 9.60. The van der Waals surface area contributed by atoms with Crippen LogP contribution in [0, 0.1) is 6.92 Å². The van der Waals surface area contributed by atoms with Crippen LogP contribution in [0.2, 0.25) is 0 Å². The van der Waals surface area contributed by atoms with Crippen LogP contribution in [-0.4, -0.2) is 8.05 Å². The number of rotatable bonds is 1. The average Bonchev–Trinajstić information content (AvgIpc) is 2.35. The van der Waals surface area contributed by atoms with Crippen LogP contribution in [-0.2, 0) is 0 Å². The third-order valence-electron chi connectivity index (χ3n) is 3.13. The second-order valence-electron chi connectivity index (χ2n) is 4.28. The molecule has 0 N–H and O–H groups in total. The van der Waals surface area contributed by atoms with Crippen molar-refractivity contribution in [3.8, 4) is 5.75 Å². The van der Waals surface area contributed by atoms with Gasteiger partial charge < -0.3 is 4.65 Å². The summed E-state index contributed by atoms with van der Waals surface area (Å²) in [5.74, 6) is 0.729. The molecule has 0 heterocycles. The van der Waals surface area contributed by atoms with Crippen LogP contribution in [0.3, 0.4) is 0 Å². The number of hydrogen-bond acceptors (Lipinski definition) is 1. The number of benzene rings is 3. The maximum atomic E-state index is 5.25. The van der Waals surface area contributed by atoms with Gasteiger partial charge in [0.2, 0.25) is 0 Å². The highest BCUT2D eigenvalue weighted by Crippen LogP contribution is 2.28. The molecule has 0 aliphatic carbocycles. The first kappa shape index (κ1) is 10.2. The Morgan fingerprint density at radius 2 is 1.41 bits per heavy atom. The lowest BCUT2D eigenvalue weighted by atomic mass is 10.0. The van der Waals surface area contributed by atoms with Gasteiger partial charge in [0.25, 0.3) is 0 Å². The Labute approximate surface area is 101 Å². The Kier molecular flexibility index (Phi) is 2.29. The molecule has 3 rings (SSSR count). The molecule has 0 bridgehead atoms. The molecule has 0 aromatic heterocycles. The molecule has 0 saturated heterocycles. The molecule has 17 heavy (non-hydrogen) atoms. The standard InChI is InChI=1S/C15H11BO/c1-10-6-13-7-11-4-2-3-5-12(11)8-14(13)9-15(10)17-16/h2-9H,1H3. The molecule has 0 unspecified atom stereocenters. The van der Waals surface area contributed by atoms with Crippen molar-refractivity contribution >= 4 is 29.6 Å². The van der Waals surface area contributed by atoms with E-state index in [1.165, 1.54) is 16.2 Å². The maximum Gasteiger partial charge on any atom is 0.374 e. The van der Waals surface area contributed by atoms with Gasteiger partial charge in [-0.25, -0.2) is 0 Å². The Hall–Kier alpha value is -1.96. The van der Waals surface area contributed by atoms with E-state index in [0.29, 0.717) is 0 Å². The van der Waals surface area contributed by atoms with Gasteiger partial charge in [0.1, 0.15) is 5.75 Å². The first-order valence-electron chi connectivity index (χ1n) is 5.58. The lowest BCUT2D eigenvalue weighted by Gasteiger charge is -2.08. The predicted molar refractivity (Wildman–Crippen MR) is 72.6 cm³/mol. The van der Waals surface area contributed by atoms with Gasteiger partial charge in [0, 0.05) is 0 Å². The molecule has 80 valence electrons. The van der Waals surface area contributed by atoms with Gasteiger partial charge in [-0.2, -0.15) is 0 Å². The second-order valence-corrected chi connectivity index (χ2v) is 4.28. The van der Waals surface area contributed by atoms with Gasteiger partial charge in [0.05, 0.1) is 0 Å². The molecule has 0 atom stereocenters. The molecule has 2 radical (unpaired) electrons. The minimum Gasteiger partial charge on any atom is -0.568 e. The monoisotopic (exact) mass is 218 g/mol. The zero-order chi connectivity index (χ0) is 11.8. The third-order valence-corrected chi connectivity index (χ3v) is 3.13. The summed E-state index contributed by atoms with van der Waals surface area (Å²) in [7, 11) is 5.25. The van der Waals surface area contributed by atoms with Gasteiger partial charge in [0.15, 0.2) is 0 Å². The van der Waals surface area contributed by atoms with E-state index in [1.807, 2.05) is 19.1 Å². The Morgan fingerprint density at radius 1 is 0.824 bits per heavy atom. The van der Waals surface area contributed by atoms with Gasteiger partial charge in [-0.05, 0) is 58.3 Å². The smallest absolute Gasteiger partial charge is 0.374 e. The molecule has 0 fully saturated rings. The molecule has 0 amide bonds.